The minimum absolute atomic E-state index is 0.0395. The topological polar surface area (TPSA) is 85.6 Å². The van der Waals surface area contributed by atoms with Crippen molar-refractivity contribution in [1.82, 2.24) is 14.9 Å². The van der Waals surface area contributed by atoms with Crippen molar-refractivity contribution in [3.8, 4) is 0 Å². The van der Waals surface area contributed by atoms with Crippen molar-refractivity contribution in [1.29, 1.82) is 0 Å². The standard InChI is InChI=1S/C19H16ClF5N4O3/c1-2-10(8-32-19(23,24)25)27-18(31)12-7-29(17-13(22)5-9(21)6-26-17)16-11(15(12)30)3-4-14(20)28-16/h3-5,7,9-10H,2,6,8H2,1H3,(H,27,31). The summed E-state index contributed by atoms with van der Waals surface area (Å²) >= 11 is 5.88. The van der Waals surface area contributed by atoms with Crippen LogP contribution in [0.1, 0.15) is 23.7 Å². The Bertz CT molecular complexity index is 1160. The Kier molecular flexibility index (Phi) is 6.94. The van der Waals surface area contributed by atoms with E-state index in [1.807, 2.05) is 0 Å². The Morgan fingerprint density at radius 1 is 1.41 bits per heavy atom. The molecule has 0 bridgehead atoms. The van der Waals surface area contributed by atoms with Gasteiger partial charge >= 0.3 is 6.36 Å². The van der Waals surface area contributed by atoms with Crippen molar-refractivity contribution in [2.75, 3.05) is 13.2 Å². The molecule has 0 fully saturated rings. The van der Waals surface area contributed by atoms with Gasteiger partial charge in [0.25, 0.3) is 5.91 Å². The predicted octanol–water partition coefficient (Wildman–Crippen LogP) is 3.55. The van der Waals surface area contributed by atoms with E-state index in [0.717, 1.165) is 10.8 Å². The number of allylic oxidation sites excluding steroid dienone is 1. The van der Waals surface area contributed by atoms with Crippen LogP contribution in [0.25, 0.3) is 11.0 Å². The van der Waals surface area contributed by atoms with Crippen molar-refractivity contribution in [2.24, 2.45) is 4.99 Å². The fourth-order valence-electron chi connectivity index (χ4n) is 2.95. The number of hydrogen-bond acceptors (Lipinski definition) is 5. The number of nitrogens with zero attached hydrogens (tertiary/aromatic N) is 3. The molecular weight excluding hydrogens is 463 g/mol. The highest BCUT2D eigenvalue weighted by atomic mass is 35.5. The minimum Gasteiger partial charge on any atom is -0.347 e. The molecule has 1 N–H and O–H groups in total. The number of hydrogen-bond donors (Lipinski definition) is 1. The largest absolute Gasteiger partial charge is 0.522 e. The summed E-state index contributed by atoms with van der Waals surface area (Å²) in [6, 6.07) is 1.47. The lowest BCUT2D eigenvalue weighted by Gasteiger charge is -2.19. The highest BCUT2D eigenvalue weighted by Gasteiger charge is 2.31. The number of dihydropyridines is 1. The van der Waals surface area contributed by atoms with Crippen LogP contribution >= 0.6 is 11.6 Å². The van der Waals surface area contributed by atoms with Gasteiger partial charge in [0.05, 0.1) is 24.6 Å². The fraction of sp³-hybridized carbons (Fsp3) is 0.368. The summed E-state index contributed by atoms with van der Waals surface area (Å²) in [5.74, 6) is -2.46. The molecule has 2 aromatic heterocycles. The molecule has 3 heterocycles. The van der Waals surface area contributed by atoms with Gasteiger partial charge < -0.3 is 5.32 Å². The molecule has 0 radical (unpaired) electrons. The lowest BCUT2D eigenvalue weighted by Crippen LogP contribution is -2.41. The van der Waals surface area contributed by atoms with Gasteiger partial charge in [-0.3, -0.25) is 23.9 Å². The van der Waals surface area contributed by atoms with Crippen LogP contribution in [0.4, 0.5) is 22.0 Å². The fourth-order valence-corrected chi connectivity index (χ4v) is 3.09. The highest BCUT2D eigenvalue weighted by molar-refractivity contribution is 6.29. The molecule has 1 aliphatic rings. The van der Waals surface area contributed by atoms with E-state index in [1.54, 1.807) is 0 Å². The Morgan fingerprint density at radius 3 is 2.75 bits per heavy atom. The molecule has 2 aromatic rings. The molecule has 0 aliphatic carbocycles. The van der Waals surface area contributed by atoms with Gasteiger partial charge in [0.1, 0.15) is 16.9 Å². The zero-order valence-corrected chi connectivity index (χ0v) is 17.2. The smallest absolute Gasteiger partial charge is 0.347 e. The third-order valence-corrected chi connectivity index (χ3v) is 4.73. The minimum atomic E-state index is -4.89. The first-order valence-electron chi connectivity index (χ1n) is 9.30. The first-order chi connectivity index (χ1) is 15.0. The molecule has 0 saturated heterocycles. The first kappa shape index (κ1) is 23.8. The average molecular weight is 479 g/mol. The van der Waals surface area contributed by atoms with Crippen LogP contribution in [0.2, 0.25) is 5.15 Å². The van der Waals surface area contributed by atoms with Crippen LogP contribution in [-0.2, 0) is 4.74 Å². The maximum Gasteiger partial charge on any atom is 0.522 e. The van der Waals surface area contributed by atoms with Crippen LogP contribution in [0.5, 0.6) is 0 Å². The van der Waals surface area contributed by atoms with E-state index in [2.05, 4.69) is 20.0 Å². The molecular formula is C19H16ClF5N4O3. The van der Waals surface area contributed by atoms with Crippen molar-refractivity contribution in [2.45, 2.75) is 31.9 Å². The van der Waals surface area contributed by atoms with E-state index >= 15 is 0 Å². The number of halogens is 6. The second-order valence-electron chi connectivity index (χ2n) is 6.78. The van der Waals surface area contributed by atoms with Gasteiger partial charge in [0.15, 0.2) is 17.3 Å². The van der Waals surface area contributed by atoms with Crippen molar-refractivity contribution < 1.29 is 31.5 Å². The van der Waals surface area contributed by atoms with Gasteiger partial charge in [-0.1, -0.05) is 18.5 Å². The molecule has 2 atom stereocenters. The Morgan fingerprint density at radius 2 is 2.12 bits per heavy atom. The number of amides is 1. The number of nitrogens with one attached hydrogen (secondary N) is 1. The average Bonchev–Trinajstić information content (AvgIpc) is 2.71. The zero-order chi connectivity index (χ0) is 23.6. The maximum atomic E-state index is 14.4. The summed E-state index contributed by atoms with van der Waals surface area (Å²) in [6.07, 6.45) is -4.86. The van der Waals surface area contributed by atoms with E-state index in [4.69, 9.17) is 11.6 Å². The SMILES string of the molecule is CCC(COC(F)(F)F)NC(=O)c1cn(C2=NCC(F)C=C2F)c2nc(Cl)ccc2c1=O. The number of alkyl halides is 4. The summed E-state index contributed by atoms with van der Waals surface area (Å²) in [5.41, 5.74) is -1.45. The molecule has 3 rings (SSSR count). The van der Waals surface area contributed by atoms with E-state index in [1.165, 1.54) is 19.1 Å². The van der Waals surface area contributed by atoms with Gasteiger partial charge in [-0.15, -0.1) is 13.2 Å². The molecule has 0 spiro atoms. The number of pyridine rings is 2. The third-order valence-electron chi connectivity index (χ3n) is 4.52. The summed E-state index contributed by atoms with van der Waals surface area (Å²) in [6.45, 7) is 0.247. The number of ether oxygens (including phenoxy) is 1. The molecule has 0 aromatic carbocycles. The van der Waals surface area contributed by atoms with Gasteiger partial charge in [0, 0.05) is 6.20 Å². The number of carbonyl (C=O) groups is 1. The molecule has 32 heavy (non-hydrogen) atoms. The maximum absolute atomic E-state index is 14.4. The molecule has 0 saturated carbocycles. The number of fused-ring (bicyclic) bond motifs is 1. The highest BCUT2D eigenvalue weighted by Crippen LogP contribution is 2.20. The summed E-state index contributed by atoms with van der Waals surface area (Å²) in [5, 5.41) is 2.12. The number of aromatic nitrogens is 2. The van der Waals surface area contributed by atoms with Crippen molar-refractivity contribution >= 4 is 34.4 Å². The van der Waals surface area contributed by atoms with Crippen molar-refractivity contribution in [3.05, 3.63) is 51.2 Å². The molecule has 7 nitrogen and oxygen atoms in total. The normalized spacial score (nSPS) is 17.7. The second-order valence-corrected chi connectivity index (χ2v) is 7.16. The monoisotopic (exact) mass is 478 g/mol. The quantitative estimate of drug-likeness (QED) is 0.526. The predicted molar refractivity (Wildman–Crippen MR) is 106 cm³/mol. The third kappa shape index (κ3) is 5.30. The van der Waals surface area contributed by atoms with E-state index < -0.39 is 60.3 Å². The first-order valence-corrected chi connectivity index (χ1v) is 9.68. The molecule has 1 amide bonds. The Labute approximate surface area is 182 Å². The van der Waals surface area contributed by atoms with Gasteiger partial charge in [-0.25, -0.2) is 13.8 Å². The zero-order valence-electron chi connectivity index (χ0n) is 16.4. The Balaban J connectivity index is 2.05. The number of rotatable bonds is 5. The van der Waals surface area contributed by atoms with Crippen LogP contribution in [-0.4, -0.2) is 53.0 Å². The van der Waals surface area contributed by atoms with Gasteiger partial charge in [-0.2, -0.15) is 0 Å². The summed E-state index contributed by atoms with van der Waals surface area (Å²) in [4.78, 5) is 33.4. The van der Waals surface area contributed by atoms with Crippen LogP contribution in [0.15, 0.2) is 40.0 Å². The van der Waals surface area contributed by atoms with Gasteiger partial charge in [-0.05, 0) is 24.6 Å². The number of aliphatic imine (C=N–C) groups is 1. The van der Waals surface area contributed by atoms with E-state index in [9.17, 15) is 31.5 Å². The second kappa shape index (κ2) is 9.33. The van der Waals surface area contributed by atoms with Crippen LogP contribution < -0.4 is 10.7 Å². The molecule has 172 valence electrons. The van der Waals surface area contributed by atoms with Crippen LogP contribution in [0, 0.1) is 0 Å². The molecule has 1 aliphatic heterocycles. The van der Waals surface area contributed by atoms with E-state index in [0.29, 0.717) is 6.08 Å². The van der Waals surface area contributed by atoms with Crippen molar-refractivity contribution in [3.63, 3.8) is 0 Å². The van der Waals surface area contributed by atoms with E-state index in [-0.39, 0.29) is 22.6 Å². The lowest BCUT2D eigenvalue weighted by atomic mass is 10.1. The molecule has 2 unspecified atom stereocenters. The summed E-state index contributed by atoms with van der Waals surface area (Å²) in [7, 11) is 0. The summed E-state index contributed by atoms with van der Waals surface area (Å²) < 4.78 is 69.5. The number of carbonyl (C=O) groups excluding carboxylic acids is 1. The lowest BCUT2D eigenvalue weighted by molar-refractivity contribution is -0.326. The Hall–Kier alpha value is -2.86. The van der Waals surface area contributed by atoms with Crippen LogP contribution in [0.3, 0.4) is 0 Å². The molecule has 13 heteroatoms. The van der Waals surface area contributed by atoms with Gasteiger partial charge in [0.2, 0.25) is 5.43 Å².